The van der Waals surface area contributed by atoms with Gasteiger partial charge in [0.2, 0.25) is 0 Å². The van der Waals surface area contributed by atoms with E-state index < -0.39 is 0 Å². The van der Waals surface area contributed by atoms with Crippen molar-refractivity contribution in [2.75, 3.05) is 0 Å². The summed E-state index contributed by atoms with van der Waals surface area (Å²) in [5, 5.41) is 0.540. The highest BCUT2D eigenvalue weighted by atomic mass is 35.5. The highest BCUT2D eigenvalue weighted by Crippen LogP contribution is 2.21. The molecule has 2 heterocycles. The molecule has 0 bridgehead atoms. The van der Waals surface area contributed by atoms with Gasteiger partial charge in [0, 0.05) is 30.7 Å². The molecular weight excluding hydrogens is 212 g/mol. The lowest BCUT2D eigenvalue weighted by Gasteiger charge is -2.01. The minimum absolute atomic E-state index is 0.427. The van der Waals surface area contributed by atoms with Crippen LogP contribution in [0.1, 0.15) is 5.56 Å². The molecule has 15 heavy (non-hydrogen) atoms. The molecule has 2 aromatic rings. The molecule has 0 aliphatic carbocycles. The third kappa shape index (κ3) is 2.11. The molecule has 76 valence electrons. The average Bonchev–Trinajstić information content (AvgIpc) is 2.30. The first-order valence-electron chi connectivity index (χ1n) is 4.43. The Hall–Kier alpha value is -1.52. The topological polar surface area (TPSA) is 64.7 Å². The highest BCUT2D eigenvalue weighted by molar-refractivity contribution is 6.32. The van der Waals surface area contributed by atoms with Gasteiger partial charge in [-0.1, -0.05) is 11.6 Å². The molecule has 0 atom stereocenters. The van der Waals surface area contributed by atoms with Crippen LogP contribution in [0.15, 0.2) is 30.7 Å². The third-order valence-corrected chi connectivity index (χ3v) is 2.22. The van der Waals surface area contributed by atoms with E-state index in [0.717, 1.165) is 5.56 Å². The first-order valence-corrected chi connectivity index (χ1v) is 4.81. The molecule has 0 aliphatic rings. The third-order valence-electron chi connectivity index (χ3n) is 1.91. The monoisotopic (exact) mass is 220 g/mol. The molecule has 2 aromatic heterocycles. The number of aromatic nitrogens is 3. The zero-order valence-corrected chi connectivity index (χ0v) is 8.65. The van der Waals surface area contributed by atoms with Crippen molar-refractivity contribution in [2.45, 2.75) is 6.54 Å². The summed E-state index contributed by atoms with van der Waals surface area (Å²) in [7, 11) is 0. The summed E-state index contributed by atoms with van der Waals surface area (Å²) in [6, 6.07) is 3.52. The smallest absolute Gasteiger partial charge is 0.179 e. The molecule has 0 spiro atoms. The average molecular weight is 221 g/mol. The Labute approximate surface area is 92.2 Å². The molecule has 2 rings (SSSR count). The number of pyridine rings is 1. The first kappa shape index (κ1) is 10.0. The summed E-state index contributed by atoms with van der Waals surface area (Å²) >= 11 is 5.97. The fourth-order valence-electron chi connectivity index (χ4n) is 1.13. The van der Waals surface area contributed by atoms with Gasteiger partial charge in [0.15, 0.2) is 5.82 Å². The maximum atomic E-state index is 5.97. The Kier molecular flexibility index (Phi) is 2.89. The lowest BCUT2D eigenvalue weighted by Crippen LogP contribution is -1.99. The van der Waals surface area contributed by atoms with Crippen molar-refractivity contribution in [3.8, 4) is 11.5 Å². The van der Waals surface area contributed by atoms with Crippen molar-refractivity contribution in [3.05, 3.63) is 41.3 Å². The van der Waals surface area contributed by atoms with E-state index in [1.54, 1.807) is 30.7 Å². The van der Waals surface area contributed by atoms with Crippen LogP contribution < -0.4 is 5.73 Å². The second kappa shape index (κ2) is 4.33. The molecule has 0 aliphatic heterocycles. The molecule has 0 radical (unpaired) electrons. The van der Waals surface area contributed by atoms with Gasteiger partial charge in [-0.25, -0.2) is 9.97 Å². The Morgan fingerprint density at radius 1 is 1.20 bits per heavy atom. The van der Waals surface area contributed by atoms with E-state index in [1.165, 1.54) is 0 Å². The molecular formula is C10H9ClN4. The van der Waals surface area contributed by atoms with E-state index >= 15 is 0 Å². The molecule has 2 N–H and O–H groups in total. The number of nitrogens with zero attached hydrogens (tertiary/aromatic N) is 3. The van der Waals surface area contributed by atoms with Gasteiger partial charge in [0.25, 0.3) is 0 Å². The van der Waals surface area contributed by atoms with Crippen LogP contribution in [0.5, 0.6) is 0 Å². The standard InChI is InChI=1S/C10H9ClN4/c11-8-2-1-3-13-9(8)10-14-5-7(4-12)6-15-10/h1-3,5-6H,4,12H2. The summed E-state index contributed by atoms with van der Waals surface area (Å²) in [6.07, 6.45) is 5.00. The normalized spacial score (nSPS) is 10.3. The molecule has 4 nitrogen and oxygen atoms in total. The minimum atomic E-state index is 0.427. The summed E-state index contributed by atoms with van der Waals surface area (Å²) < 4.78 is 0. The van der Waals surface area contributed by atoms with Crippen LogP contribution in [0.3, 0.4) is 0 Å². The SMILES string of the molecule is NCc1cnc(-c2ncccc2Cl)nc1. The quantitative estimate of drug-likeness (QED) is 0.836. The number of nitrogens with two attached hydrogens (primary N) is 1. The molecule has 0 fully saturated rings. The van der Waals surface area contributed by atoms with Crippen molar-refractivity contribution in [1.29, 1.82) is 0 Å². The number of hydrogen-bond donors (Lipinski definition) is 1. The van der Waals surface area contributed by atoms with Gasteiger partial charge in [-0.3, -0.25) is 4.98 Å². The largest absolute Gasteiger partial charge is 0.326 e. The predicted octanol–water partition coefficient (Wildman–Crippen LogP) is 1.65. The van der Waals surface area contributed by atoms with Crippen molar-refractivity contribution in [1.82, 2.24) is 15.0 Å². The Morgan fingerprint density at radius 2 is 1.93 bits per heavy atom. The van der Waals surface area contributed by atoms with Gasteiger partial charge in [-0.2, -0.15) is 0 Å². The van der Waals surface area contributed by atoms with Gasteiger partial charge < -0.3 is 5.73 Å². The summed E-state index contributed by atoms with van der Waals surface area (Å²) in [5.41, 5.74) is 6.91. The van der Waals surface area contributed by atoms with E-state index in [-0.39, 0.29) is 0 Å². The predicted molar refractivity (Wildman–Crippen MR) is 58.2 cm³/mol. The maximum absolute atomic E-state index is 5.97. The fourth-order valence-corrected chi connectivity index (χ4v) is 1.34. The molecule has 0 unspecified atom stereocenters. The summed E-state index contributed by atoms with van der Waals surface area (Å²) in [5.74, 6) is 0.512. The molecule has 0 saturated carbocycles. The minimum Gasteiger partial charge on any atom is -0.326 e. The zero-order chi connectivity index (χ0) is 10.7. The van der Waals surface area contributed by atoms with Crippen molar-refractivity contribution >= 4 is 11.6 Å². The van der Waals surface area contributed by atoms with Gasteiger partial charge in [-0.05, 0) is 12.1 Å². The van der Waals surface area contributed by atoms with Crippen LogP contribution in [0.4, 0.5) is 0 Å². The van der Waals surface area contributed by atoms with Crippen LogP contribution in [0.25, 0.3) is 11.5 Å². The highest BCUT2D eigenvalue weighted by Gasteiger charge is 2.06. The second-order valence-corrected chi connectivity index (χ2v) is 3.36. The van der Waals surface area contributed by atoms with Crippen LogP contribution in [0, 0.1) is 0 Å². The lowest BCUT2D eigenvalue weighted by atomic mass is 10.3. The molecule has 0 amide bonds. The number of rotatable bonds is 2. The Balaban J connectivity index is 2.42. The lowest BCUT2D eigenvalue weighted by molar-refractivity contribution is 1.01. The van der Waals surface area contributed by atoms with Crippen LogP contribution in [-0.4, -0.2) is 15.0 Å². The van der Waals surface area contributed by atoms with E-state index in [9.17, 15) is 0 Å². The van der Waals surface area contributed by atoms with Crippen molar-refractivity contribution < 1.29 is 0 Å². The molecule has 0 saturated heterocycles. The van der Waals surface area contributed by atoms with Gasteiger partial charge in [-0.15, -0.1) is 0 Å². The van der Waals surface area contributed by atoms with E-state index in [1.807, 2.05) is 0 Å². The Bertz CT molecular complexity index is 455. The van der Waals surface area contributed by atoms with Gasteiger partial charge in [0.1, 0.15) is 5.69 Å². The first-order chi connectivity index (χ1) is 7.31. The van der Waals surface area contributed by atoms with Crippen LogP contribution in [0.2, 0.25) is 5.02 Å². The van der Waals surface area contributed by atoms with E-state index in [4.69, 9.17) is 17.3 Å². The second-order valence-electron chi connectivity index (χ2n) is 2.95. The summed E-state index contributed by atoms with van der Waals surface area (Å²) in [4.78, 5) is 12.4. The van der Waals surface area contributed by atoms with Crippen molar-refractivity contribution in [3.63, 3.8) is 0 Å². The molecule has 5 heteroatoms. The Morgan fingerprint density at radius 3 is 2.53 bits per heavy atom. The van der Waals surface area contributed by atoms with Gasteiger partial charge >= 0.3 is 0 Å². The van der Waals surface area contributed by atoms with Crippen LogP contribution in [-0.2, 0) is 6.54 Å². The van der Waals surface area contributed by atoms with E-state index in [2.05, 4.69) is 15.0 Å². The maximum Gasteiger partial charge on any atom is 0.179 e. The van der Waals surface area contributed by atoms with Crippen molar-refractivity contribution in [2.24, 2.45) is 5.73 Å². The number of hydrogen-bond acceptors (Lipinski definition) is 4. The summed E-state index contributed by atoms with van der Waals surface area (Å²) in [6.45, 7) is 0.427. The van der Waals surface area contributed by atoms with Crippen LogP contribution >= 0.6 is 11.6 Å². The van der Waals surface area contributed by atoms with E-state index in [0.29, 0.717) is 23.1 Å². The van der Waals surface area contributed by atoms with Gasteiger partial charge in [0.05, 0.1) is 5.02 Å². The molecule has 0 aromatic carbocycles. The number of halogens is 1. The zero-order valence-electron chi connectivity index (χ0n) is 7.89. The fraction of sp³-hybridized carbons (Fsp3) is 0.100.